The molecule has 1 rings (SSSR count). The number of amides is 2. The van der Waals surface area contributed by atoms with E-state index in [9.17, 15) is 9.59 Å². The van der Waals surface area contributed by atoms with Gasteiger partial charge in [0, 0.05) is 26.2 Å². The molecule has 0 aromatic carbocycles. The molecule has 0 aliphatic carbocycles. The third-order valence-corrected chi connectivity index (χ3v) is 2.86. The zero-order chi connectivity index (χ0) is 13.4. The molecule has 0 bridgehead atoms. The van der Waals surface area contributed by atoms with Crippen molar-refractivity contribution in [2.75, 3.05) is 39.5 Å². The van der Waals surface area contributed by atoms with E-state index in [2.05, 4.69) is 5.32 Å². The first-order chi connectivity index (χ1) is 8.63. The second kappa shape index (κ2) is 7.88. The van der Waals surface area contributed by atoms with E-state index in [1.165, 1.54) is 0 Å². The highest BCUT2D eigenvalue weighted by Gasteiger charge is 2.25. The van der Waals surface area contributed by atoms with Crippen molar-refractivity contribution in [1.29, 1.82) is 0 Å². The minimum atomic E-state index is -1.02. The van der Waals surface area contributed by atoms with Crippen LogP contribution in [0.3, 0.4) is 0 Å². The summed E-state index contributed by atoms with van der Waals surface area (Å²) in [5, 5.41) is 19.8. The molecule has 0 aromatic rings. The molecule has 1 saturated heterocycles. The summed E-state index contributed by atoms with van der Waals surface area (Å²) < 4.78 is 4.80. The number of nitrogens with one attached hydrogen (secondary N) is 1. The van der Waals surface area contributed by atoms with Gasteiger partial charge in [0.2, 0.25) is 0 Å². The van der Waals surface area contributed by atoms with Crippen LogP contribution in [0.4, 0.5) is 4.79 Å². The number of carboxylic acid groups (broad SMARTS) is 1. The number of nitrogens with zero attached hydrogens (tertiary/aromatic N) is 1. The zero-order valence-electron chi connectivity index (χ0n) is 10.3. The van der Waals surface area contributed by atoms with Crippen molar-refractivity contribution in [3.05, 3.63) is 0 Å². The van der Waals surface area contributed by atoms with Crippen LogP contribution in [-0.4, -0.2) is 66.6 Å². The number of hydrogen-bond acceptors (Lipinski definition) is 4. The van der Waals surface area contributed by atoms with E-state index < -0.39 is 5.97 Å². The van der Waals surface area contributed by atoms with E-state index in [4.69, 9.17) is 14.9 Å². The predicted molar refractivity (Wildman–Crippen MR) is 63.2 cm³/mol. The number of carbonyl (C=O) groups excluding carboxylic acids is 1. The van der Waals surface area contributed by atoms with Crippen LogP contribution >= 0.6 is 0 Å². The Hall–Kier alpha value is -1.34. The first-order valence-electron chi connectivity index (χ1n) is 6.06. The number of likely N-dealkylation sites (tertiary alicyclic amines) is 1. The Morgan fingerprint density at radius 2 is 2.22 bits per heavy atom. The number of aliphatic hydroxyl groups excluding tert-OH is 1. The van der Waals surface area contributed by atoms with Crippen molar-refractivity contribution in [3.63, 3.8) is 0 Å². The van der Waals surface area contributed by atoms with Gasteiger partial charge in [-0.1, -0.05) is 0 Å². The number of rotatable bonds is 7. The highest BCUT2D eigenvalue weighted by molar-refractivity contribution is 5.74. The van der Waals surface area contributed by atoms with Crippen LogP contribution in [0.1, 0.15) is 12.8 Å². The Morgan fingerprint density at radius 3 is 2.89 bits per heavy atom. The van der Waals surface area contributed by atoms with Gasteiger partial charge in [0.25, 0.3) is 0 Å². The van der Waals surface area contributed by atoms with Gasteiger partial charge in [0.1, 0.15) is 6.61 Å². The minimum absolute atomic E-state index is 0.156. The molecule has 3 N–H and O–H groups in total. The summed E-state index contributed by atoms with van der Waals surface area (Å²) in [4.78, 5) is 23.5. The lowest BCUT2D eigenvalue weighted by molar-refractivity contribution is -0.142. The second-order valence-electron chi connectivity index (χ2n) is 4.29. The van der Waals surface area contributed by atoms with Crippen LogP contribution in [0, 0.1) is 5.92 Å². The van der Waals surface area contributed by atoms with Crippen LogP contribution in [0.2, 0.25) is 0 Å². The highest BCUT2D eigenvalue weighted by Crippen LogP contribution is 2.18. The molecule has 1 aliphatic rings. The van der Waals surface area contributed by atoms with E-state index in [1.54, 1.807) is 4.90 Å². The minimum Gasteiger partial charge on any atom is -0.480 e. The molecule has 0 saturated carbocycles. The first-order valence-corrected chi connectivity index (χ1v) is 6.06. The Bertz CT molecular complexity index is 285. The van der Waals surface area contributed by atoms with Gasteiger partial charge in [-0.2, -0.15) is 0 Å². The number of carboxylic acids is 1. The van der Waals surface area contributed by atoms with Crippen molar-refractivity contribution in [3.8, 4) is 0 Å². The van der Waals surface area contributed by atoms with Crippen LogP contribution < -0.4 is 5.32 Å². The maximum Gasteiger partial charge on any atom is 0.329 e. The maximum absolute atomic E-state index is 11.7. The summed E-state index contributed by atoms with van der Waals surface area (Å²) in [6, 6.07) is -0.158. The number of ether oxygens (including phenoxy) is 1. The van der Waals surface area contributed by atoms with Gasteiger partial charge in [-0.05, 0) is 18.8 Å². The Labute approximate surface area is 106 Å². The summed E-state index contributed by atoms with van der Waals surface area (Å²) in [6.07, 6.45) is 1.65. The highest BCUT2D eigenvalue weighted by atomic mass is 16.5. The lowest BCUT2D eigenvalue weighted by atomic mass is 10.1. The fourth-order valence-corrected chi connectivity index (χ4v) is 1.94. The van der Waals surface area contributed by atoms with Crippen LogP contribution in [0.5, 0.6) is 0 Å². The summed E-state index contributed by atoms with van der Waals surface area (Å²) >= 11 is 0. The van der Waals surface area contributed by atoms with Gasteiger partial charge in [-0.15, -0.1) is 0 Å². The SMILES string of the molecule is O=C(O)COCCNC(=O)N1CCC(CCO)C1. The van der Waals surface area contributed by atoms with Crippen molar-refractivity contribution in [1.82, 2.24) is 10.2 Å². The fraction of sp³-hybridized carbons (Fsp3) is 0.818. The van der Waals surface area contributed by atoms with E-state index in [1.807, 2.05) is 0 Å². The number of carbonyl (C=O) groups is 2. The molecule has 18 heavy (non-hydrogen) atoms. The molecule has 1 atom stereocenters. The molecular formula is C11H20N2O5. The first kappa shape index (κ1) is 14.7. The molecule has 1 unspecified atom stereocenters. The van der Waals surface area contributed by atoms with Gasteiger partial charge in [-0.25, -0.2) is 9.59 Å². The average Bonchev–Trinajstić information content (AvgIpc) is 2.77. The smallest absolute Gasteiger partial charge is 0.329 e. The van der Waals surface area contributed by atoms with Gasteiger partial charge in [0.05, 0.1) is 6.61 Å². The lowest BCUT2D eigenvalue weighted by Crippen LogP contribution is -2.40. The summed E-state index contributed by atoms with van der Waals surface area (Å²) in [6.45, 7) is 1.66. The lowest BCUT2D eigenvalue weighted by Gasteiger charge is -2.17. The van der Waals surface area contributed by atoms with E-state index in [0.29, 0.717) is 25.6 Å². The number of hydrogen-bond donors (Lipinski definition) is 3. The normalized spacial score (nSPS) is 18.9. The predicted octanol–water partition coefficient (Wildman–Crippen LogP) is -0.498. The molecular weight excluding hydrogens is 240 g/mol. The van der Waals surface area contributed by atoms with E-state index in [-0.39, 0.29) is 25.9 Å². The third-order valence-electron chi connectivity index (χ3n) is 2.86. The fourth-order valence-electron chi connectivity index (χ4n) is 1.94. The Morgan fingerprint density at radius 1 is 1.44 bits per heavy atom. The largest absolute Gasteiger partial charge is 0.480 e. The molecule has 1 heterocycles. The van der Waals surface area contributed by atoms with Gasteiger partial charge in [-0.3, -0.25) is 0 Å². The molecule has 104 valence electrons. The second-order valence-corrected chi connectivity index (χ2v) is 4.29. The van der Waals surface area contributed by atoms with Crippen molar-refractivity contribution in [2.45, 2.75) is 12.8 Å². The Kier molecular flexibility index (Phi) is 6.45. The number of aliphatic hydroxyl groups is 1. The molecule has 0 aromatic heterocycles. The van der Waals surface area contributed by atoms with Crippen molar-refractivity contribution in [2.24, 2.45) is 5.92 Å². The number of aliphatic carboxylic acids is 1. The van der Waals surface area contributed by atoms with Crippen molar-refractivity contribution >= 4 is 12.0 Å². The summed E-state index contributed by atoms with van der Waals surface area (Å²) in [5.41, 5.74) is 0. The topological polar surface area (TPSA) is 99.1 Å². The summed E-state index contributed by atoms with van der Waals surface area (Å²) in [5.74, 6) is -0.642. The maximum atomic E-state index is 11.7. The van der Waals surface area contributed by atoms with E-state index in [0.717, 1.165) is 12.8 Å². The monoisotopic (exact) mass is 260 g/mol. The van der Waals surface area contributed by atoms with Crippen LogP contribution in [0.15, 0.2) is 0 Å². The molecule has 7 nitrogen and oxygen atoms in total. The molecule has 2 amide bonds. The number of urea groups is 1. The van der Waals surface area contributed by atoms with Crippen LogP contribution in [-0.2, 0) is 9.53 Å². The molecule has 1 aliphatic heterocycles. The third kappa shape index (κ3) is 5.33. The standard InChI is InChI=1S/C11H20N2O5/c14-5-2-9-1-4-13(7-9)11(17)12-3-6-18-8-10(15)16/h9,14H,1-8H2,(H,12,17)(H,15,16). The molecule has 0 radical (unpaired) electrons. The van der Waals surface area contributed by atoms with Gasteiger partial charge < -0.3 is 25.2 Å². The Balaban J connectivity index is 2.08. The van der Waals surface area contributed by atoms with Gasteiger partial charge in [0.15, 0.2) is 0 Å². The van der Waals surface area contributed by atoms with Crippen LogP contribution in [0.25, 0.3) is 0 Å². The summed E-state index contributed by atoms with van der Waals surface area (Å²) in [7, 11) is 0. The van der Waals surface area contributed by atoms with Gasteiger partial charge >= 0.3 is 12.0 Å². The zero-order valence-corrected chi connectivity index (χ0v) is 10.3. The molecule has 1 fully saturated rings. The van der Waals surface area contributed by atoms with E-state index >= 15 is 0 Å². The quantitative estimate of drug-likeness (QED) is 0.536. The van der Waals surface area contributed by atoms with Crippen molar-refractivity contribution < 1.29 is 24.5 Å². The average molecular weight is 260 g/mol. The molecule has 0 spiro atoms. The molecule has 7 heteroatoms.